The fourth-order valence-corrected chi connectivity index (χ4v) is 2.42. The first-order valence-electron chi connectivity index (χ1n) is 6.45. The summed E-state index contributed by atoms with van der Waals surface area (Å²) in [5, 5.41) is 18.2. The molecule has 96 valence electrons. The third-order valence-electron chi connectivity index (χ3n) is 3.70. The molecule has 0 amide bonds. The molecular weight excluding hydrogens is 216 g/mol. The molecule has 5 heteroatoms. The molecule has 2 unspecified atom stereocenters. The average molecular weight is 238 g/mol. The molecular formula is C12H22N4O. The summed E-state index contributed by atoms with van der Waals surface area (Å²) < 4.78 is 1.91. The summed E-state index contributed by atoms with van der Waals surface area (Å²) in [5.74, 6) is 1.16. The second-order valence-corrected chi connectivity index (χ2v) is 5.03. The largest absolute Gasteiger partial charge is 0.389 e. The van der Waals surface area contributed by atoms with Crippen LogP contribution in [0.5, 0.6) is 0 Å². The molecule has 17 heavy (non-hydrogen) atoms. The van der Waals surface area contributed by atoms with Gasteiger partial charge < -0.3 is 10.4 Å². The smallest absolute Gasteiger partial charge is 0.138 e. The number of aliphatic hydroxyl groups is 1. The van der Waals surface area contributed by atoms with Crippen molar-refractivity contribution in [3.63, 3.8) is 0 Å². The van der Waals surface area contributed by atoms with E-state index in [-0.39, 0.29) is 5.92 Å². The van der Waals surface area contributed by atoms with Crippen LogP contribution in [0.4, 0.5) is 0 Å². The Morgan fingerprint density at radius 2 is 2.47 bits per heavy atom. The van der Waals surface area contributed by atoms with Gasteiger partial charge in [-0.05, 0) is 25.3 Å². The number of aromatic nitrogens is 3. The molecule has 0 radical (unpaired) electrons. The predicted molar refractivity (Wildman–Crippen MR) is 65.6 cm³/mol. The van der Waals surface area contributed by atoms with Crippen LogP contribution in [0.1, 0.15) is 32.5 Å². The number of aryl methyl sites for hydroxylation is 1. The van der Waals surface area contributed by atoms with E-state index in [2.05, 4.69) is 29.2 Å². The van der Waals surface area contributed by atoms with Gasteiger partial charge in [0.15, 0.2) is 0 Å². The van der Waals surface area contributed by atoms with E-state index in [9.17, 15) is 5.11 Å². The van der Waals surface area contributed by atoms with Crippen LogP contribution in [0.25, 0.3) is 0 Å². The first kappa shape index (κ1) is 12.5. The standard InChI is InChI=1S/C12H22N4O/c1-3-6-16-11(14-9-15-16)7-12(17)4-5-13-8-10(12)2/h9-10,13,17H,3-8H2,1-2H3. The van der Waals surface area contributed by atoms with E-state index in [0.29, 0.717) is 6.42 Å². The van der Waals surface area contributed by atoms with E-state index in [1.54, 1.807) is 6.33 Å². The van der Waals surface area contributed by atoms with Gasteiger partial charge in [0.05, 0.1) is 5.60 Å². The normalized spacial score (nSPS) is 29.5. The Hall–Kier alpha value is -0.940. The molecule has 5 nitrogen and oxygen atoms in total. The molecule has 0 spiro atoms. The highest BCUT2D eigenvalue weighted by atomic mass is 16.3. The first-order chi connectivity index (χ1) is 8.15. The summed E-state index contributed by atoms with van der Waals surface area (Å²) in [6.45, 7) is 6.83. The number of piperidine rings is 1. The molecule has 2 atom stereocenters. The monoisotopic (exact) mass is 238 g/mol. The lowest BCUT2D eigenvalue weighted by Crippen LogP contribution is -2.50. The van der Waals surface area contributed by atoms with E-state index in [1.807, 2.05) is 4.68 Å². The summed E-state index contributed by atoms with van der Waals surface area (Å²) in [7, 11) is 0. The van der Waals surface area contributed by atoms with Crippen molar-refractivity contribution in [3.8, 4) is 0 Å². The molecule has 0 bridgehead atoms. The van der Waals surface area contributed by atoms with Gasteiger partial charge in [0, 0.05) is 19.5 Å². The maximum atomic E-state index is 10.7. The van der Waals surface area contributed by atoms with Gasteiger partial charge in [0.1, 0.15) is 12.2 Å². The van der Waals surface area contributed by atoms with E-state index >= 15 is 0 Å². The van der Waals surface area contributed by atoms with Crippen molar-refractivity contribution in [2.75, 3.05) is 13.1 Å². The highest BCUT2D eigenvalue weighted by Crippen LogP contribution is 2.27. The van der Waals surface area contributed by atoms with Gasteiger partial charge in [-0.2, -0.15) is 5.10 Å². The summed E-state index contributed by atoms with van der Waals surface area (Å²) >= 11 is 0. The molecule has 2 rings (SSSR count). The molecule has 1 saturated heterocycles. The molecule has 1 fully saturated rings. The molecule has 1 aromatic heterocycles. The maximum absolute atomic E-state index is 10.7. The van der Waals surface area contributed by atoms with E-state index in [4.69, 9.17) is 0 Å². The lowest BCUT2D eigenvalue weighted by molar-refractivity contribution is -0.0352. The van der Waals surface area contributed by atoms with Gasteiger partial charge in [0.2, 0.25) is 0 Å². The Labute approximate surface area is 102 Å². The Morgan fingerprint density at radius 3 is 3.18 bits per heavy atom. The van der Waals surface area contributed by atoms with Crippen molar-refractivity contribution in [2.45, 2.75) is 45.3 Å². The number of nitrogens with zero attached hydrogens (tertiary/aromatic N) is 3. The van der Waals surface area contributed by atoms with Crippen molar-refractivity contribution in [1.82, 2.24) is 20.1 Å². The molecule has 1 aliphatic heterocycles. The summed E-state index contributed by atoms with van der Waals surface area (Å²) in [6, 6.07) is 0. The van der Waals surface area contributed by atoms with Crippen molar-refractivity contribution in [1.29, 1.82) is 0 Å². The Bertz CT molecular complexity index is 365. The van der Waals surface area contributed by atoms with E-state index < -0.39 is 5.60 Å². The zero-order valence-corrected chi connectivity index (χ0v) is 10.7. The third kappa shape index (κ3) is 2.66. The highest BCUT2D eigenvalue weighted by Gasteiger charge is 2.37. The lowest BCUT2D eigenvalue weighted by Gasteiger charge is -2.38. The zero-order valence-electron chi connectivity index (χ0n) is 10.7. The van der Waals surface area contributed by atoms with Crippen molar-refractivity contribution >= 4 is 0 Å². The third-order valence-corrected chi connectivity index (χ3v) is 3.70. The SMILES string of the molecule is CCCn1ncnc1CC1(O)CCNCC1C. The van der Waals surface area contributed by atoms with Crippen LogP contribution < -0.4 is 5.32 Å². The molecule has 0 saturated carbocycles. The fraction of sp³-hybridized carbons (Fsp3) is 0.833. The van der Waals surface area contributed by atoms with Crippen LogP contribution in [0.15, 0.2) is 6.33 Å². The number of nitrogens with one attached hydrogen (secondary N) is 1. The second-order valence-electron chi connectivity index (χ2n) is 5.03. The van der Waals surface area contributed by atoms with Crippen LogP contribution in [-0.2, 0) is 13.0 Å². The molecule has 2 N–H and O–H groups in total. The van der Waals surface area contributed by atoms with Gasteiger partial charge >= 0.3 is 0 Å². The first-order valence-corrected chi connectivity index (χ1v) is 6.45. The number of hydrogen-bond donors (Lipinski definition) is 2. The second kappa shape index (κ2) is 5.14. The van der Waals surface area contributed by atoms with Crippen LogP contribution in [0.3, 0.4) is 0 Å². The molecule has 0 aromatic carbocycles. The van der Waals surface area contributed by atoms with Crippen LogP contribution in [-0.4, -0.2) is 38.6 Å². The fourth-order valence-electron chi connectivity index (χ4n) is 2.42. The Morgan fingerprint density at radius 1 is 1.65 bits per heavy atom. The van der Waals surface area contributed by atoms with E-state index in [1.165, 1.54) is 0 Å². The van der Waals surface area contributed by atoms with Crippen molar-refractivity contribution in [3.05, 3.63) is 12.2 Å². The van der Waals surface area contributed by atoms with Crippen LogP contribution in [0, 0.1) is 5.92 Å². The lowest BCUT2D eigenvalue weighted by atomic mass is 9.80. The van der Waals surface area contributed by atoms with Gasteiger partial charge in [-0.15, -0.1) is 0 Å². The summed E-state index contributed by atoms with van der Waals surface area (Å²) in [4.78, 5) is 4.28. The van der Waals surface area contributed by atoms with Gasteiger partial charge in [-0.1, -0.05) is 13.8 Å². The van der Waals surface area contributed by atoms with Crippen molar-refractivity contribution < 1.29 is 5.11 Å². The average Bonchev–Trinajstić information content (AvgIpc) is 2.71. The van der Waals surface area contributed by atoms with Gasteiger partial charge in [0.25, 0.3) is 0 Å². The Balaban J connectivity index is 2.10. The number of rotatable bonds is 4. The Kier molecular flexibility index (Phi) is 3.79. The quantitative estimate of drug-likeness (QED) is 0.806. The van der Waals surface area contributed by atoms with Crippen LogP contribution >= 0.6 is 0 Å². The zero-order chi connectivity index (χ0) is 12.3. The predicted octanol–water partition coefficient (Wildman–Crippen LogP) is 0.591. The van der Waals surface area contributed by atoms with Gasteiger partial charge in [-0.3, -0.25) is 4.68 Å². The highest BCUT2D eigenvalue weighted by molar-refractivity contribution is 4.99. The summed E-state index contributed by atoms with van der Waals surface area (Å²) in [6.07, 6.45) is 4.01. The van der Waals surface area contributed by atoms with E-state index in [0.717, 1.165) is 38.3 Å². The molecule has 1 aliphatic rings. The number of hydrogen-bond acceptors (Lipinski definition) is 4. The molecule has 1 aromatic rings. The summed E-state index contributed by atoms with van der Waals surface area (Å²) in [5.41, 5.74) is -0.635. The van der Waals surface area contributed by atoms with Crippen LogP contribution in [0.2, 0.25) is 0 Å². The molecule has 0 aliphatic carbocycles. The maximum Gasteiger partial charge on any atom is 0.138 e. The minimum absolute atomic E-state index is 0.253. The van der Waals surface area contributed by atoms with Crippen molar-refractivity contribution in [2.24, 2.45) is 5.92 Å². The topological polar surface area (TPSA) is 63.0 Å². The minimum Gasteiger partial charge on any atom is -0.389 e. The van der Waals surface area contributed by atoms with Gasteiger partial charge in [-0.25, -0.2) is 4.98 Å². The molecule has 2 heterocycles. The minimum atomic E-state index is -0.635.